The number of rotatable bonds is 6. The quantitative estimate of drug-likeness (QED) is 0.612. The Bertz CT molecular complexity index is 789. The Kier molecular flexibility index (Phi) is 5.68. The highest BCUT2D eigenvalue weighted by molar-refractivity contribution is 6.06. The third-order valence-electron chi connectivity index (χ3n) is 3.43. The average Bonchev–Trinajstić information content (AvgIpc) is 2.60. The molecule has 1 amide bonds. The zero-order valence-electron chi connectivity index (χ0n) is 14.0. The second-order valence-corrected chi connectivity index (χ2v) is 5.29. The number of amides is 1. The van der Waals surface area contributed by atoms with Crippen LogP contribution in [0.15, 0.2) is 78.9 Å². The fourth-order valence-electron chi connectivity index (χ4n) is 2.19. The molecule has 2 N–H and O–H groups in total. The van der Waals surface area contributed by atoms with Gasteiger partial charge in [0.15, 0.2) is 0 Å². The third-order valence-corrected chi connectivity index (χ3v) is 3.43. The molecule has 4 nitrogen and oxygen atoms in total. The summed E-state index contributed by atoms with van der Waals surface area (Å²) in [6, 6.07) is 13.4. The van der Waals surface area contributed by atoms with E-state index in [1.165, 1.54) is 0 Å². The average molecular weight is 319 g/mol. The Morgan fingerprint density at radius 3 is 2.46 bits per heavy atom. The predicted molar refractivity (Wildman–Crippen MR) is 101 cm³/mol. The highest BCUT2D eigenvalue weighted by Gasteiger charge is 2.10. The van der Waals surface area contributed by atoms with Crippen molar-refractivity contribution >= 4 is 17.4 Å². The van der Waals surface area contributed by atoms with E-state index in [4.69, 9.17) is 0 Å². The van der Waals surface area contributed by atoms with Crippen molar-refractivity contribution in [2.45, 2.75) is 6.92 Å². The SMILES string of the molecule is C=C/C=C(\C(=C)C)C(=O)Nc1ccc(-c2cccc(NC)n2)cc1. The zero-order chi connectivity index (χ0) is 17.5. The lowest BCUT2D eigenvalue weighted by Gasteiger charge is -2.09. The lowest BCUT2D eigenvalue weighted by atomic mass is 10.1. The third kappa shape index (κ3) is 4.20. The fourth-order valence-corrected chi connectivity index (χ4v) is 2.19. The van der Waals surface area contributed by atoms with Gasteiger partial charge in [-0.2, -0.15) is 0 Å². The van der Waals surface area contributed by atoms with Crippen LogP contribution in [-0.2, 0) is 4.79 Å². The minimum Gasteiger partial charge on any atom is -0.373 e. The highest BCUT2D eigenvalue weighted by Crippen LogP contribution is 2.21. The Labute approximate surface area is 142 Å². The normalized spacial score (nSPS) is 10.8. The molecule has 2 aromatic rings. The first-order chi connectivity index (χ1) is 11.5. The van der Waals surface area contributed by atoms with E-state index < -0.39 is 0 Å². The molecule has 0 aliphatic carbocycles. The van der Waals surface area contributed by atoms with E-state index in [0.717, 1.165) is 17.1 Å². The van der Waals surface area contributed by atoms with Crippen molar-refractivity contribution in [1.29, 1.82) is 0 Å². The van der Waals surface area contributed by atoms with E-state index >= 15 is 0 Å². The number of pyridine rings is 1. The molecule has 0 unspecified atom stereocenters. The van der Waals surface area contributed by atoms with Gasteiger partial charge < -0.3 is 10.6 Å². The predicted octanol–water partition coefficient (Wildman–Crippen LogP) is 4.42. The van der Waals surface area contributed by atoms with Crippen molar-refractivity contribution in [2.24, 2.45) is 0 Å². The van der Waals surface area contributed by atoms with Gasteiger partial charge in [0.2, 0.25) is 0 Å². The van der Waals surface area contributed by atoms with E-state index in [0.29, 0.717) is 16.8 Å². The molecule has 0 fully saturated rings. The molecule has 0 aliphatic heterocycles. The number of hydrogen-bond acceptors (Lipinski definition) is 3. The van der Waals surface area contributed by atoms with Gasteiger partial charge in [0.05, 0.1) is 5.69 Å². The molecule has 2 rings (SSSR count). The van der Waals surface area contributed by atoms with Crippen LogP contribution < -0.4 is 10.6 Å². The molecule has 0 bridgehead atoms. The van der Waals surface area contributed by atoms with Crippen LogP contribution in [0.4, 0.5) is 11.5 Å². The van der Waals surface area contributed by atoms with Gasteiger partial charge in [-0.05, 0) is 42.8 Å². The summed E-state index contributed by atoms with van der Waals surface area (Å²) in [6.45, 7) is 9.23. The van der Waals surface area contributed by atoms with Gasteiger partial charge in [-0.1, -0.05) is 37.4 Å². The monoisotopic (exact) mass is 319 g/mol. The Balaban J connectivity index is 2.17. The molecule has 1 aromatic carbocycles. The first-order valence-corrected chi connectivity index (χ1v) is 7.60. The molecule has 0 saturated carbocycles. The molecule has 0 aliphatic rings. The smallest absolute Gasteiger partial charge is 0.255 e. The molecule has 1 aromatic heterocycles. The van der Waals surface area contributed by atoms with Crippen LogP contribution in [0, 0.1) is 0 Å². The Hall–Kier alpha value is -3.14. The van der Waals surface area contributed by atoms with Crippen LogP contribution >= 0.6 is 0 Å². The number of carbonyl (C=O) groups is 1. The molecule has 0 radical (unpaired) electrons. The molecular formula is C20H21N3O. The summed E-state index contributed by atoms with van der Waals surface area (Å²) in [4.78, 5) is 16.8. The van der Waals surface area contributed by atoms with Crippen LogP contribution in [0.2, 0.25) is 0 Å². The van der Waals surface area contributed by atoms with Gasteiger partial charge >= 0.3 is 0 Å². The van der Waals surface area contributed by atoms with Gasteiger partial charge in [-0.15, -0.1) is 0 Å². The van der Waals surface area contributed by atoms with Crippen LogP contribution in [0.5, 0.6) is 0 Å². The van der Waals surface area contributed by atoms with Gasteiger partial charge in [0.25, 0.3) is 5.91 Å². The maximum absolute atomic E-state index is 12.3. The Morgan fingerprint density at radius 2 is 1.88 bits per heavy atom. The van der Waals surface area contributed by atoms with E-state index in [2.05, 4.69) is 28.8 Å². The van der Waals surface area contributed by atoms with E-state index in [1.54, 1.807) is 19.1 Å². The minimum atomic E-state index is -0.203. The fraction of sp³-hybridized carbons (Fsp3) is 0.100. The van der Waals surface area contributed by atoms with E-state index in [9.17, 15) is 4.79 Å². The Morgan fingerprint density at radius 1 is 1.17 bits per heavy atom. The minimum absolute atomic E-state index is 0.203. The first kappa shape index (κ1) is 17.2. The number of nitrogens with one attached hydrogen (secondary N) is 2. The summed E-state index contributed by atoms with van der Waals surface area (Å²) in [6.07, 6.45) is 3.23. The van der Waals surface area contributed by atoms with Gasteiger partial charge in [0.1, 0.15) is 5.82 Å². The summed E-state index contributed by atoms with van der Waals surface area (Å²) in [5.74, 6) is 0.607. The molecule has 1 heterocycles. The standard InChI is InChI=1S/C20H21N3O/c1-5-7-17(14(2)3)20(24)22-16-12-10-15(11-13-16)18-8-6-9-19(21-4)23-18/h5-13H,1-2H2,3-4H3,(H,21,23)(H,22,24)/b17-7+. The number of allylic oxidation sites excluding steroid dienone is 2. The summed E-state index contributed by atoms with van der Waals surface area (Å²) < 4.78 is 0. The molecular weight excluding hydrogens is 298 g/mol. The molecule has 0 saturated heterocycles. The zero-order valence-corrected chi connectivity index (χ0v) is 14.0. The van der Waals surface area contributed by atoms with Crippen molar-refractivity contribution < 1.29 is 4.79 Å². The number of aromatic nitrogens is 1. The first-order valence-electron chi connectivity index (χ1n) is 7.60. The van der Waals surface area contributed by atoms with Crippen molar-refractivity contribution in [3.63, 3.8) is 0 Å². The van der Waals surface area contributed by atoms with E-state index in [1.807, 2.05) is 49.5 Å². The topological polar surface area (TPSA) is 54.0 Å². The number of benzene rings is 1. The lowest BCUT2D eigenvalue weighted by molar-refractivity contribution is -0.112. The van der Waals surface area contributed by atoms with Crippen molar-refractivity contribution in [1.82, 2.24) is 4.98 Å². The number of hydrogen-bond donors (Lipinski definition) is 2. The lowest BCUT2D eigenvalue weighted by Crippen LogP contribution is -2.14. The number of carbonyl (C=O) groups excluding carboxylic acids is 1. The number of anilines is 2. The summed E-state index contributed by atoms with van der Waals surface area (Å²) in [5, 5.41) is 5.88. The molecule has 122 valence electrons. The van der Waals surface area contributed by atoms with Crippen LogP contribution in [0.3, 0.4) is 0 Å². The van der Waals surface area contributed by atoms with Crippen molar-refractivity contribution in [2.75, 3.05) is 17.7 Å². The van der Waals surface area contributed by atoms with Gasteiger partial charge in [-0.25, -0.2) is 4.98 Å². The van der Waals surface area contributed by atoms with Gasteiger partial charge in [0, 0.05) is 23.9 Å². The maximum Gasteiger partial charge on any atom is 0.255 e. The van der Waals surface area contributed by atoms with Crippen molar-refractivity contribution in [3.05, 3.63) is 78.9 Å². The summed E-state index contributed by atoms with van der Waals surface area (Å²) in [5.41, 5.74) is 3.76. The molecule has 0 atom stereocenters. The number of nitrogens with zero attached hydrogens (tertiary/aromatic N) is 1. The maximum atomic E-state index is 12.3. The second kappa shape index (κ2) is 7.92. The largest absolute Gasteiger partial charge is 0.373 e. The van der Waals surface area contributed by atoms with Crippen molar-refractivity contribution in [3.8, 4) is 11.3 Å². The summed E-state index contributed by atoms with van der Waals surface area (Å²) >= 11 is 0. The summed E-state index contributed by atoms with van der Waals surface area (Å²) in [7, 11) is 1.83. The second-order valence-electron chi connectivity index (χ2n) is 5.29. The molecule has 24 heavy (non-hydrogen) atoms. The highest BCUT2D eigenvalue weighted by atomic mass is 16.1. The molecule has 4 heteroatoms. The molecule has 0 spiro atoms. The van der Waals surface area contributed by atoms with Gasteiger partial charge in [-0.3, -0.25) is 4.79 Å². The van der Waals surface area contributed by atoms with E-state index in [-0.39, 0.29) is 5.91 Å². The van der Waals surface area contributed by atoms with Crippen LogP contribution in [-0.4, -0.2) is 17.9 Å². The van der Waals surface area contributed by atoms with Crippen LogP contribution in [0.25, 0.3) is 11.3 Å². The van der Waals surface area contributed by atoms with Crippen LogP contribution in [0.1, 0.15) is 6.92 Å².